The number of fused-ring (bicyclic) bond motifs is 1. The van der Waals surface area contributed by atoms with E-state index in [1.165, 1.54) is 18.5 Å². The van der Waals surface area contributed by atoms with Crippen molar-refractivity contribution < 1.29 is 17.9 Å². The van der Waals surface area contributed by atoms with Crippen molar-refractivity contribution in [2.75, 3.05) is 38.7 Å². The van der Waals surface area contributed by atoms with Crippen molar-refractivity contribution in [1.29, 1.82) is 0 Å². The van der Waals surface area contributed by atoms with Crippen LogP contribution in [0, 0.1) is 0 Å². The predicted octanol–water partition coefficient (Wildman–Crippen LogP) is 2.34. The van der Waals surface area contributed by atoms with Crippen molar-refractivity contribution in [2.45, 2.75) is 11.4 Å². The fourth-order valence-electron chi connectivity index (χ4n) is 3.07. The zero-order valence-electron chi connectivity index (χ0n) is 14.6. The molecule has 0 N–H and O–H groups in total. The topological polar surface area (TPSA) is 59.1 Å². The number of hydrogen-bond donors (Lipinski definition) is 0. The Kier molecular flexibility index (Phi) is 4.87. The van der Waals surface area contributed by atoms with Gasteiger partial charge in [0.15, 0.2) is 4.90 Å². The molecule has 2 aromatic carbocycles. The second kappa shape index (κ2) is 6.93. The zero-order chi connectivity index (χ0) is 18.0. The van der Waals surface area contributed by atoms with Gasteiger partial charge in [0, 0.05) is 19.6 Å². The second-order valence-electron chi connectivity index (χ2n) is 5.94. The summed E-state index contributed by atoms with van der Waals surface area (Å²) in [6.07, 6.45) is 0. The third-order valence-electron chi connectivity index (χ3n) is 4.32. The Bertz CT molecular complexity index is 845. The van der Waals surface area contributed by atoms with E-state index in [-0.39, 0.29) is 16.4 Å². The lowest BCUT2D eigenvalue weighted by atomic mass is 10.2. The number of benzene rings is 2. The molecule has 0 aromatic heterocycles. The van der Waals surface area contributed by atoms with Crippen LogP contribution in [-0.2, 0) is 16.6 Å². The van der Waals surface area contributed by atoms with E-state index >= 15 is 0 Å². The van der Waals surface area contributed by atoms with Gasteiger partial charge < -0.3 is 14.4 Å². The van der Waals surface area contributed by atoms with Crippen LogP contribution >= 0.6 is 0 Å². The van der Waals surface area contributed by atoms with Gasteiger partial charge in [0.05, 0.1) is 19.9 Å². The summed E-state index contributed by atoms with van der Waals surface area (Å²) < 4.78 is 39.1. The molecule has 1 aliphatic heterocycles. The summed E-state index contributed by atoms with van der Waals surface area (Å²) in [6.45, 7) is 1.69. The van der Waals surface area contributed by atoms with Gasteiger partial charge in [0.1, 0.15) is 11.5 Å². The molecule has 7 heteroatoms. The molecule has 0 saturated heterocycles. The van der Waals surface area contributed by atoms with E-state index in [4.69, 9.17) is 9.47 Å². The Morgan fingerprint density at radius 2 is 1.56 bits per heavy atom. The van der Waals surface area contributed by atoms with E-state index in [9.17, 15) is 8.42 Å². The monoisotopic (exact) mass is 362 g/mol. The van der Waals surface area contributed by atoms with Crippen molar-refractivity contribution in [1.82, 2.24) is 4.90 Å². The molecule has 0 amide bonds. The molecule has 0 fully saturated rings. The number of ether oxygens (including phenoxy) is 2. The molecule has 0 bridgehead atoms. The van der Waals surface area contributed by atoms with Gasteiger partial charge in [-0.05, 0) is 30.8 Å². The minimum Gasteiger partial charge on any atom is -0.495 e. The van der Waals surface area contributed by atoms with E-state index in [2.05, 4.69) is 4.90 Å². The molecule has 25 heavy (non-hydrogen) atoms. The number of likely N-dealkylation sites (N-methyl/N-ethyl adjacent to an activating group) is 1. The van der Waals surface area contributed by atoms with Gasteiger partial charge in [-0.3, -0.25) is 4.31 Å². The van der Waals surface area contributed by atoms with Gasteiger partial charge in [-0.2, -0.15) is 0 Å². The van der Waals surface area contributed by atoms with Gasteiger partial charge in [-0.15, -0.1) is 0 Å². The molecule has 1 heterocycles. The van der Waals surface area contributed by atoms with Crippen LogP contribution in [0.15, 0.2) is 47.4 Å². The first-order valence-electron chi connectivity index (χ1n) is 7.99. The van der Waals surface area contributed by atoms with Gasteiger partial charge in [0.25, 0.3) is 10.0 Å². The quantitative estimate of drug-likeness (QED) is 0.836. The van der Waals surface area contributed by atoms with Crippen molar-refractivity contribution >= 4 is 15.7 Å². The van der Waals surface area contributed by atoms with Crippen molar-refractivity contribution in [3.05, 3.63) is 48.0 Å². The number of rotatable bonds is 4. The van der Waals surface area contributed by atoms with Crippen LogP contribution in [0.3, 0.4) is 0 Å². The largest absolute Gasteiger partial charge is 0.495 e. The van der Waals surface area contributed by atoms with Gasteiger partial charge in [-0.1, -0.05) is 24.3 Å². The summed E-state index contributed by atoms with van der Waals surface area (Å²) in [5.41, 5.74) is 1.67. The summed E-state index contributed by atoms with van der Waals surface area (Å²) in [4.78, 5) is 2.16. The molecule has 0 saturated carbocycles. The van der Waals surface area contributed by atoms with Crippen LogP contribution in [0.1, 0.15) is 5.56 Å². The highest BCUT2D eigenvalue weighted by molar-refractivity contribution is 7.93. The zero-order valence-corrected chi connectivity index (χ0v) is 15.4. The maximum atomic E-state index is 13.5. The predicted molar refractivity (Wildman–Crippen MR) is 96.9 cm³/mol. The average Bonchev–Trinajstić information content (AvgIpc) is 2.79. The Morgan fingerprint density at radius 3 is 2.20 bits per heavy atom. The summed E-state index contributed by atoms with van der Waals surface area (Å²) >= 11 is 0. The van der Waals surface area contributed by atoms with Crippen LogP contribution in [0.4, 0.5) is 5.69 Å². The fourth-order valence-corrected chi connectivity index (χ4v) is 4.86. The van der Waals surface area contributed by atoms with Crippen molar-refractivity contribution in [3.63, 3.8) is 0 Å². The first-order valence-corrected chi connectivity index (χ1v) is 9.43. The first kappa shape index (κ1) is 17.6. The number of anilines is 1. The molecule has 0 spiro atoms. The van der Waals surface area contributed by atoms with Crippen molar-refractivity contribution in [3.8, 4) is 11.5 Å². The Balaban J connectivity index is 2.19. The summed E-state index contributed by atoms with van der Waals surface area (Å²) in [5, 5.41) is 0. The molecule has 1 aliphatic rings. The smallest absolute Gasteiger partial charge is 0.271 e. The highest BCUT2D eigenvalue weighted by Gasteiger charge is 2.34. The summed E-state index contributed by atoms with van der Waals surface area (Å²) in [6, 6.07) is 12.5. The lowest BCUT2D eigenvalue weighted by Gasteiger charge is -2.26. The fraction of sp³-hybridized carbons (Fsp3) is 0.333. The summed E-state index contributed by atoms with van der Waals surface area (Å²) in [5.74, 6) is 0.545. The lowest BCUT2D eigenvalue weighted by molar-refractivity contribution is 0.344. The third kappa shape index (κ3) is 3.17. The van der Waals surface area contributed by atoms with E-state index in [0.29, 0.717) is 25.3 Å². The SMILES string of the molecule is COc1cccc(OC)c1S(=O)(=O)N1CCN(C)Cc2ccccc21. The third-order valence-corrected chi connectivity index (χ3v) is 6.19. The van der Waals surface area contributed by atoms with Gasteiger partial charge in [-0.25, -0.2) is 8.42 Å². The number of sulfonamides is 1. The number of methoxy groups -OCH3 is 2. The molecule has 0 aliphatic carbocycles. The maximum Gasteiger partial charge on any atom is 0.271 e. The van der Waals surface area contributed by atoms with Crippen LogP contribution in [0.5, 0.6) is 11.5 Å². The highest BCUT2D eigenvalue weighted by atomic mass is 32.2. The molecule has 2 aromatic rings. The second-order valence-corrected chi connectivity index (χ2v) is 7.73. The van der Waals surface area contributed by atoms with E-state index < -0.39 is 10.0 Å². The normalized spacial score (nSPS) is 15.4. The lowest BCUT2D eigenvalue weighted by Crippen LogP contribution is -2.35. The standard InChI is InChI=1S/C18H22N2O4S/c1-19-11-12-20(15-8-5-4-7-14(15)13-19)25(21,22)18-16(23-2)9-6-10-17(18)24-3/h4-10H,11-13H2,1-3H3. The van der Waals surface area contributed by atoms with E-state index in [1.807, 2.05) is 31.3 Å². The molecule has 3 rings (SSSR count). The van der Waals surface area contributed by atoms with E-state index in [0.717, 1.165) is 5.56 Å². The Labute approximate surface area is 148 Å². The number of para-hydroxylation sites is 1. The molecular weight excluding hydrogens is 340 g/mol. The average molecular weight is 362 g/mol. The minimum atomic E-state index is -3.85. The Morgan fingerprint density at radius 1 is 0.920 bits per heavy atom. The number of nitrogens with zero attached hydrogens (tertiary/aromatic N) is 2. The molecule has 0 atom stereocenters. The van der Waals surface area contributed by atoms with Gasteiger partial charge >= 0.3 is 0 Å². The van der Waals surface area contributed by atoms with Crippen LogP contribution in [0.2, 0.25) is 0 Å². The molecule has 0 unspecified atom stereocenters. The van der Waals surface area contributed by atoms with E-state index in [1.54, 1.807) is 18.2 Å². The highest BCUT2D eigenvalue weighted by Crippen LogP contribution is 2.38. The minimum absolute atomic E-state index is 0.0550. The molecule has 0 radical (unpaired) electrons. The molecule has 134 valence electrons. The van der Waals surface area contributed by atoms with Crippen molar-refractivity contribution in [2.24, 2.45) is 0 Å². The van der Waals surface area contributed by atoms with Crippen LogP contribution in [-0.4, -0.2) is 47.7 Å². The molecule has 6 nitrogen and oxygen atoms in total. The molecular formula is C18H22N2O4S. The Hall–Kier alpha value is -2.25. The van der Waals surface area contributed by atoms with Crippen LogP contribution < -0.4 is 13.8 Å². The maximum absolute atomic E-state index is 13.5. The first-order chi connectivity index (χ1) is 12.0. The van der Waals surface area contributed by atoms with Crippen LogP contribution in [0.25, 0.3) is 0 Å². The van der Waals surface area contributed by atoms with Gasteiger partial charge in [0.2, 0.25) is 0 Å². The number of hydrogen-bond acceptors (Lipinski definition) is 5. The summed E-state index contributed by atoms with van der Waals surface area (Å²) in [7, 11) is 1.04.